The molecule has 4 nitrogen and oxygen atoms in total. The Kier molecular flexibility index (Phi) is 5.77. The first kappa shape index (κ1) is 16.1. The first-order valence-electron chi connectivity index (χ1n) is 8.04. The second-order valence-electron chi connectivity index (χ2n) is 5.86. The molecule has 0 saturated carbocycles. The molecule has 0 spiro atoms. The van der Waals surface area contributed by atoms with Crippen LogP contribution in [-0.2, 0) is 22.6 Å². The summed E-state index contributed by atoms with van der Waals surface area (Å²) < 4.78 is 11.3. The van der Waals surface area contributed by atoms with Crippen LogP contribution in [0.1, 0.15) is 17.5 Å². The monoisotopic (exact) mass is 313 g/mol. The summed E-state index contributed by atoms with van der Waals surface area (Å²) in [5.74, 6) is 0. The molecule has 3 atom stereocenters. The maximum absolute atomic E-state index is 10.0. The van der Waals surface area contributed by atoms with Crippen molar-refractivity contribution < 1.29 is 14.6 Å². The Morgan fingerprint density at radius 3 is 2.35 bits per heavy atom. The average Bonchev–Trinajstić information content (AvgIpc) is 2.95. The van der Waals surface area contributed by atoms with Gasteiger partial charge >= 0.3 is 0 Å². The lowest BCUT2D eigenvalue weighted by molar-refractivity contribution is -0.116. The van der Waals surface area contributed by atoms with Gasteiger partial charge in [0.15, 0.2) is 6.29 Å². The van der Waals surface area contributed by atoms with Gasteiger partial charge in [-0.15, -0.1) is 0 Å². The van der Waals surface area contributed by atoms with Crippen LogP contribution >= 0.6 is 0 Å². The van der Waals surface area contributed by atoms with Crippen molar-refractivity contribution in [1.82, 2.24) is 5.32 Å². The Bertz CT molecular complexity index is 576. The van der Waals surface area contributed by atoms with Crippen molar-refractivity contribution in [2.75, 3.05) is 6.61 Å². The number of nitrogens with one attached hydrogen (secondary N) is 1. The minimum absolute atomic E-state index is 0.0551. The molecule has 0 unspecified atom stereocenters. The van der Waals surface area contributed by atoms with Crippen LogP contribution in [0.25, 0.3) is 0 Å². The highest BCUT2D eigenvalue weighted by Crippen LogP contribution is 2.20. The van der Waals surface area contributed by atoms with Crippen LogP contribution in [-0.4, -0.2) is 30.1 Å². The molecule has 2 aromatic carbocycles. The van der Waals surface area contributed by atoms with Crippen molar-refractivity contribution in [2.45, 2.75) is 38.0 Å². The van der Waals surface area contributed by atoms with Crippen molar-refractivity contribution in [2.24, 2.45) is 0 Å². The summed E-state index contributed by atoms with van der Waals surface area (Å²) in [4.78, 5) is 0. The van der Waals surface area contributed by atoms with Crippen molar-refractivity contribution in [3.63, 3.8) is 0 Å². The predicted octanol–water partition coefficient (Wildman–Crippen LogP) is 2.47. The first-order chi connectivity index (χ1) is 11.3. The molecule has 2 aromatic rings. The van der Waals surface area contributed by atoms with Crippen molar-refractivity contribution in [3.8, 4) is 0 Å². The summed E-state index contributed by atoms with van der Waals surface area (Å²) in [6.45, 7) is 1.79. The highest BCUT2D eigenvalue weighted by atomic mass is 16.6. The third kappa shape index (κ3) is 4.88. The number of benzene rings is 2. The molecule has 0 amide bonds. The van der Waals surface area contributed by atoms with E-state index in [0.29, 0.717) is 13.2 Å². The lowest BCUT2D eigenvalue weighted by atomic mass is 10.1. The lowest BCUT2D eigenvalue weighted by Gasteiger charge is -2.14. The van der Waals surface area contributed by atoms with Crippen LogP contribution in [0.5, 0.6) is 0 Å². The molecule has 0 aromatic heterocycles. The Morgan fingerprint density at radius 1 is 1.00 bits per heavy atom. The normalized spacial score (nSPS) is 24.0. The van der Waals surface area contributed by atoms with E-state index in [2.05, 4.69) is 17.4 Å². The highest BCUT2D eigenvalue weighted by Gasteiger charge is 2.33. The molecule has 3 rings (SSSR count). The molecule has 1 aliphatic rings. The zero-order valence-corrected chi connectivity index (χ0v) is 13.1. The summed E-state index contributed by atoms with van der Waals surface area (Å²) >= 11 is 0. The first-order valence-corrected chi connectivity index (χ1v) is 8.04. The molecule has 0 bridgehead atoms. The van der Waals surface area contributed by atoms with Crippen LogP contribution in [0, 0.1) is 0 Å². The standard InChI is InChI=1S/C19H23NO3/c21-19-18(20-12-15-7-3-1-4-8-15)11-17(23-19)14-22-13-16-9-5-2-6-10-16/h1-10,17-21H,11-14H2/t17-,18-,19+/m0/s1. The van der Waals surface area contributed by atoms with Gasteiger partial charge in [0.05, 0.1) is 25.4 Å². The molecule has 122 valence electrons. The van der Waals surface area contributed by atoms with Crippen LogP contribution in [0.2, 0.25) is 0 Å². The van der Waals surface area contributed by atoms with E-state index in [1.54, 1.807) is 0 Å². The van der Waals surface area contributed by atoms with Gasteiger partial charge in [-0.05, 0) is 17.5 Å². The van der Waals surface area contributed by atoms with E-state index in [9.17, 15) is 5.11 Å². The Labute approximate surface area is 137 Å². The number of hydrogen-bond donors (Lipinski definition) is 2. The van der Waals surface area contributed by atoms with Gasteiger partial charge < -0.3 is 19.9 Å². The van der Waals surface area contributed by atoms with Gasteiger partial charge in [-0.1, -0.05) is 60.7 Å². The van der Waals surface area contributed by atoms with E-state index in [0.717, 1.165) is 18.5 Å². The molecule has 1 saturated heterocycles. The van der Waals surface area contributed by atoms with Gasteiger partial charge in [-0.3, -0.25) is 0 Å². The summed E-state index contributed by atoms with van der Waals surface area (Å²) in [5, 5.41) is 13.4. The predicted molar refractivity (Wildman–Crippen MR) is 88.7 cm³/mol. The topological polar surface area (TPSA) is 50.7 Å². The van der Waals surface area contributed by atoms with Gasteiger partial charge in [0.25, 0.3) is 0 Å². The molecule has 1 aliphatic heterocycles. The Morgan fingerprint density at radius 2 is 1.65 bits per heavy atom. The van der Waals surface area contributed by atoms with Crippen molar-refractivity contribution in [3.05, 3.63) is 71.8 Å². The minimum atomic E-state index is -0.774. The zero-order valence-electron chi connectivity index (χ0n) is 13.1. The number of hydrogen-bond acceptors (Lipinski definition) is 4. The largest absolute Gasteiger partial charge is 0.374 e. The highest BCUT2D eigenvalue weighted by molar-refractivity contribution is 5.14. The van der Waals surface area contributed by atoms with E-state index >= 15 is 0 Å². The van der Waals surface area contributed by atoms with Gasteiger partial charge in [-0.25, -0.2) is 0 Å². The molecular formula is C19H23NO3. The van der Waals surface area contributed by atoms with Crippen LogP contribution in [0.15, 0.2) is 60.7 Å². The second kappa shape index (κ2) is 8.22. The summed E-state index contributed by atoms with van der Waals surface area (Å²) in [6, 6.07) is 20.2. The van der Waals surface area contributed by atoms with Crippen LogP contribution < -0.4 is 5.32 Å². The third-order valence-corrected chi connectivity index (χ3v) is 4.02. The summed E-state index contributed by atoms with van der Waals surface area (Å²) in [5.41, 5.74) is 2.34. The van der Waals surface area contributed by atoms with Gasteiger partial charge in [-0.2, -0.15) is 0 Å². The molecule has 23 heavy (non-hydrogen) atoms. The van der Waals surface area contributed by atoms with E-state index < -0.39 is 6.29 Å². The fourth-order valence-corrected chi connectivity index (χ4v) is 2.77. The SMILES string of the molecule is O[C@@H]1O[C@H](COCc2ccccc2)C[C@@H]1NCc1ccccc1. The fraction of sp³-hybridized carbons (Fsp3) is 0.368. The maximum Gasteiger partial charge on any atom is 0.170 e. The molecule has 1 heterocycles. The fourth-order valence-electron chi connectivity index (χ4n) is 2.77. The summed E-state index contributed by atoms with van der Waals surface area (Å²) in [6.07, 6.45) is -0.0889. The number of aliphatic hydroxyl groups excluding tert-OH is 1. The maximum atomic E-state index is 10.0. The smallest absolute Gasteiger partial charge is 0.170 e. The Balaban J connectivity index is 1.39. The molecule has 0 aliphatic carbocycles. The van der Waals surface area contributed by atoms with Crippen LogP contribution in [0.4, 0.5) is 0 Å². The summed E-state index contributed by atoms with van der Waals surface area (Å²) in [7, 11) is 0. The van der Waals surface area contributed by atoms with E-state index in [1.165, 1.54) is 5.56 Å². The zero-order chi connectivity index (χ0) is 15.9. The van der Waals surface area contributed by atoms with Gasteiger partial charge in [0, 0.05) is 6.54 Å². The van der Waals surface area contributed by atoms with E-state index in [4.69, 9.17) is 9.47 Å². The number of rotatable bonds is 7. The quantitative estimate of drug-likeness (QED) is 0.824. The molecule has 4 heteroatoms. The van der Waals surface area contributed by atoms with Crippen molar-refractivity contribution in [1.29, 1.82) is 0 Å². The van der Waals surface area contributed by atoms with E-state index in [-0.39, 0.29) is 12.1 Å². The molecule has 0 radical (unpaired) electrons. The van der Waals surface area contributed by atoms with Crippen molar-refractivity contribution >= 4 is 0 Å². The minimum Gasteiger partial charge on any atom is -0.374 e. The molecule has 1 fully saturated rings. The molecular weight excluding hydrogens is 290 g/mol. The number of aliphatic hydroxyl groups is 1. The van der Waals surface area contributed by atoms with Gasteiger partial charge in [0.2, 0.25) is 0 Å². The van der Waals surface area contributed by atoms with Gasteiger partial charge in [0.1, 0.15) is 0 Å². The average molecular weight is 313 g/mol. The third-order valence-electron chi connectivity index (χ3n) is 4.02. The van der Waals surface area contributed by atoms with Crippen LogP contribution in [0.3, 0.4) is 0 Å². The number of ether oxygens (including phenoxy) is 2. The lowest BCUT2D eigenvalue weighted by Crippen LogP contribution is -2.35. The molecule has 2 N–H and O–H groups in total. The van der Waals surface area contributed by atoms with E-state index in [1.807, 2.05) is 48.5 Å². The Hall–Kier alpha value is -1.72. The second-order valence-corrected chi connectivity index (χ2v) is 5.86.